The van der Waals surface area contributed by atoms with E-state index < -0.39 is 11.9 Å². The van der Waals surface area contributed by atoms with Gasteiger partial charge in [0.05, 0.1) is 5.92 Å². The van der Waals surface area contributed by atoms with Gasteiger partial charge in [-0.1, -0.05) is 23.7 Å². The highest BCUT2D eigenvalue weighted by Crippen LogP contribution is 2.34. The van der Waals surface area contributed by atoms with Gasteiger partial charge in [0.15, 0.2) is 5.76 Å². The SMILES string of the molecule is Cc1ccc(C(=O)N2C[C@@H](C(=O)O)[C@H](c3ccc(Cl)cc3)C2)o1. The summed E-state index contributed by atoms with van der Waals surface area (Å²) in [6.45, 7) is 2.27. The van der Waals surface area contributed by atoms with Gasteiger partial charge in [0.2, 0.25) is 0 Å². The molecule has 1 aliphatic rings. The number of likely N-dealkylation sites (tertiary alicyclic amines) is 1. The maximum Gasteiger partial charge on any atom is 0.308 e. The molecular formula is C17H16ClNO4. The zero-order valence-corrected chi connectivity index (χ0v) is 13.3. The number of halogens is 1. The number of carboxylic acids is 1. The van der Waals surface area contributed by atoms with Crippen LogP contribution in [0.4, 0.5) is 0 Å². The lowest BCUT2D eigenvalue weighted by molar-refractivity contribution is -0.141. The summed E-state index contributed by atoms with van der Waals surface area (Å²) < 4.78 is 5.35. The number of carboxylic acid groups (broad SMARTS) is 1. The molecule has 1 aromatic carbocycles. The minimum atomic E-state index is -0.907. The van der Waals surface area contributed by atoms with Gasteiger partial charge in [-0.2, -0.15) is 0 Å². The summed E-state index contributed by atoms with van der Waals surface area (Å²) in [7, 11) is 0. The molecule has 0 unspecified atom stereocenters. The van der Waals surface area contributed by atoms with Gasteiger partial charge in [0.25, 0.3) is 5.91 Å². The second kappa shape index (κ2) is 6.08. The van der Waals surface area contributed by atoms with Crippen LogP contribution in [0.2, 0.25) is 5.02 Å². The minimum absolute atomic E-state index is 0.168. The van der Waals surface area contributed by atoms with Crippen LogP contribution in [0.1, 0.15) is 27.8 Å². The molecule has 120 valence electrons. The maximum absolute atomic E-state index is 12.5. The van der Waals surface area contributed by atoms with Gasteiger partial charge in [-0.3, -0.25) is 9.59 Å². The number of furan rings is 1. The van der Waals surface area contributed by atoms with Crippen LogP contribution < -0.4 is 0 Å². The van der Waals surface area contributed by atoms with E-state index in [2.05, 4.69) is 0 Å². The number of benzene rings is 1. The first kappa shape index (κ1) is 15.6. The third-order valence-electron chi connectivity index (χ3n) is 4.17. The Morgan fingerprint density at radius 2 is 1.87 bits per heavy atom. The summed E-state index contributed by atoms with van der Waals surface area (Å²) in [6, 6.07) is 10.4. The first-order chi connectivity index (χ1) is 11.0. The highest BCUT2D eigenvalue weighted by atomic mass is 35.5. The fourth-order valence-electron chi connectivity index (χ4n) is 2.97. The van der Waals surface area contributed by atoms with Crippen molar-refractivity contribution in [1.82, 2.24) is 4.90 Å². The summed E-state index contributed by atoms with van der Waals surface area (Å²) in [4.78, 5) is 25.6. The van der Waals surface area contributed by atoms with Crippen molar-refractivity contribution < 1.29 is 19.1 Å². The zero-order chi connectivity index (χ0) is 16.6. The molecule has 0 radical (unpaired) electrons. The topological polar surface area (TPSA) is 70.8 Å². The fraction of sp³-hybridized carbons (Fsp3) is 0.294. The Balaban J connectivity index is 1.85. The molecule has 1 aromatic heterocycles. The molecular weight excluding hydrogens is 318 g/mol. The second-order valence-corrected chi connectivity index (χ2v) is 6.16. The molecule has 0 spiro atoms. The van der Waals surface area contributed by atoms with E-state index in [9.17, 15) is 14.7 Å². The van der Waals surface area contributed by atoms with Crippen molar-refractivity contribution in [3.05, 3.63) is 58.5 Å². The predicted octanol–water partition coefficient (Wildman–Crippen LogP) is 3.18. The molecule has 0 bridgehead atoms. The summed E-state index contributed by atoms with van der Waals surface area (Å²) in [5, 5.41) is 10.1. The van der Waals surface area contributed by atoms with Crippen LogP contribution in [0.5, 0.6) is 0 Å². The average molecular weight is 334 g/mol. The van der Waals surface area contributed by atoms with Crippen molar-refractivity contribution in [1.29, 1.82) is 0 Å². The molecule has 1 amide bonds. The van der Waals surface area contributed by atoms with Gasteiger partial charge in [-0.05, 0) is 36.8 Å². The summed E-state index contributed by atoms with van der Waals surface area (Å²) in [5.41, 5.74) is 0.868. The van der Waals surface area contributed by atoms with Crippen LogP contribution in [0.15, 0.2) is 40.8 Å². The Hall–Kier alpha value is -2.27. The van der Waals surface area contributed by atoms with Crippen molar-refractivity contribution >= 4 is 23.5 Å². The van der Waals surface area contributed by atoms with Crippen molar-refractivity contribution in [3.8, 4) is 0 Å². The zero-order valence-electron chi connectivity index (χ0n) is 12.5. The molecule has 0 aliphatic carbocycles. The average Bonchev–Trinajstić information content (AvgIpc) is 3.14. The van der Waals surface area contributed by atoms with Crippen LogP contribution >= 0.6 is 11.6 Å². The van der Waals surface area contributed by atoms with E-state index in [1.807, 2.05) is 12.1 Å². The lowest BCUT2D eigenvalue weighted by Crippen LogP contribution is -2.29. The Morgan fingerprint density at radius 1 is 1.17 bits per heavy atom. The highest BCUT2D eigenvalue weighted by Gasteiger charge is 2.41. The van der Waals surface area contributed by atoms with Crippen molar-refractivity contribution in [2.75, 3.05) is 13.1 Å². The monoisotopic (exact) mass is 333 g/mol. The predicted molar refractivity (Wildman–Crippen MR) is 84.7 cm³/mol. The lowest BCUT2D eigenvalue weighted by atomic mass is 9.89. The highest BCUT2D eigenvalue weighted by molar-refractivity contribution is 6.30. The van der Waals surface area contributed by atoms with Crippen LogP contribution in [0, 0.1) is 12.8 Å². The van der Waals surface area contributed by atoms with Gasteiger partial charge in [-0.15, -0.1) is 0 Å². The first-order valence-electron chi connectivity index (χ1n) is 7.29. The van der Waals surface area contributed by atoms with Gasteiger partial charge in [-0.25, -0.2) is 0 Å². The van der Waals surface area contributed by atoms with Crippen LogP contribution in [0.3, 0.4) is 0 Å². The number of hydrogen-bond acceptors (Lipinski definition) is 3. The van der Waals surface area contributed by atoms with Gasteiger partial charge >= 0.3 is 5.97 Å². The number of carbonyl (C=O) groups is 2. The quantitative estimate of drug-likeness (QED) is 0.936. The molecule has 0 saturated carbocycles. The van der Waals surface area contributed by atoms with Crippen LogP contribution in [-0.4, -0.2) is 35.0 Å². The van der Waals surface area contributed by atoms with Crippen LogP contribution in [-0.2, 0) is 4.79 Å². The second-order valence-electron chi connectivity index (χ2n) is 5.72. The summed E-state index contributed by atoms with van der Waals surface area (Å²) in [5.74, 6) is -1.20. The fourth-order valence-corrected chi connectivity index (χ4v) is 3.10. The Morgan fingerprint density at radius 3 is 2.43 bits per heavy atom. The molecule has 3 rings (SSSR count). The first-order valence-corrected chi connectivity index (χ1v) is 7.67. The van der Waals surface area contributed by atoms with E-state index in [0.717, 1.165) is 5.56 Å². The Kier molecular flexibility index (Phi) is 4.13. The minimum Gasteiger partial charge on any atom is -0.481 e. The van der Waals surface area contributed by atoms with E-state index in [1.165, 1.54) is 4.90 Å². The van der Waals surface area contributed by atoms with Crippen molar-refractivity contribution in [2.24, 2.45) is 5.92 Å². The number of aliphatic carboxylic acids is 1. The smallest absolute Gasteiger partial charge is 0.308 e. The third-order valence-corrected chi connectivity index (χ3v) is 4.43. The number of carbonyl (C=O) groups excluding carboxylic acids is 1. The molecule has 6 heteroatoms. The van der Waals surface area contributed by atoms with Gasteiger partial charge in [0, 0.05) is 24.0 Å². The molecule has 1 saturated heterocycles. The molecule has 1 aliphatic heterocycles. The summed E-state index contributed by atoms with van der Waals surface area (Å²) >= 11 is 5.89. The van der Waals surface area contributed by atoms with Gasteiger partial charge < -0.3 is 14.4 Å². The lowest BCUT2D eigenvalue weighted by Gasteiger charge is -2.15. The van der Waals surface area contributed by atoms with E-state index in [-0.39, 0.29) is 24.1 Å². The number of amides is 1. The van der Waals surface area contributed by atoms with E-state index in [1.54, 1.807) is 31.2 Å². The van der Waals surface area contributed by atoms with E-state index >= 15 is 0 Å². The Labute approximate surface area is 138 Å². The number of rotatable bonds is 3. The molecule has 5 nitrogen and oxygen atoms in total. The molecule has 2 heterocycles. The largest absolute Gasteiger partial charge is 0.481 e. The maximum atomic E-state index is 12.5. The van der Waals surface area contributed by atoms with E-state index in [4.69, 9.17) is 16.0 Å². The van der Waals surface area contributed by atoms with Crippen LogP contribution in [0.25, 0.3) is 0 Å². The van der Waals surface area contributed by atoms with Crippen molar-refractivity contribution in [2.45, 2.75) is 12.8 Å². The molecule has 1 N–H and O–H groups in total. The molecule has 2 atom stereocenters. The van der Waals surface area contributed by atoms with Gasteiger partial charge in [0.1, 0.15) is 5.76 Å². The Bertz CT molecular complexity index is 737. The number of nitrogens with zero attached hydrogens (tertiary/aromatic N) is 1. The molecule has 1 fully saturated rings. The summed E-state index contributed by atoms with van der Waals surface area (Å²) in [6.07, 6.45) is 0. The normalized spacial score (nSPS) is 20.7. The standard InChI is InChI=1S/C17H16ClNO4/c1-10-2-7-15(23-10)16(20)19-8-13(14(9-19)17(21)22)11-3-5-12(18)6-4-11/h2-7,13-14H,8-9H2,1H3,(H,21,22)/t13-,14+/m0/s1. The van der Waals surface area contributed by atoms with E-state index in [0.29, 0.717) is 17.3 Å². The number of hydrogen-bond donors (Lipinski definition) is 1. The third kappa shape index (κ3) is 3.10. The molecule has 23 heavy (non-hydrogen) atoms. The van der Waals surface area contributed by atoms with Crippen molar-refractivity contribution in [3.63, 3.8) is 0 Å². The number of aryl methyl sites for hydroxylation is 1. The molecule has 2 aromatic rings.